The summed E-state index contributed by atoms with van der Waals surface area (Å²) in [5, 5.41) is 10.4. The Morgan fingerprint density at radius 3 is 1.96 bits per heavy atom. The second-order valence-electron chi connectivity index (χ2n) is 14.1. The zero-order valence-electron chi connectivity index (χ0n) is 28.5. The monoisotopic (exact) mass is 691 g/mol. The van der Waals surface area contributed by atoms with E-state index in [-0.39, 0.29) is 0 Å². The van der Waals surface area contributed by atoms with E-state index >= 15 is 0 Å². The van der Waals surface area contributed by atoms with Crippen LogP contribution in [-0.2, 0) is 6.42 Å². The third kappa shape index (κ3) is 4.15. The van der Waals surface area contributed by atoms with Gasteiger partial charge >= 0.3 is 0 Å². The van der Waals surface area contributed by atoms with Crippen molar-refractivity contribution in [1.29, 1.82) is 0 Å². The van der Waals surface area contributed by atoms with Crippen LogP contribution in [0.1, 0.15) is 11.3 Å². The fourth-order valence-corrected chi connectivity index (χ4v) is 10.1. The molecular weight excluding hydrogens is 663 g/mol. The second kappa shape index (κ2) is 10.9. The van der Waals surface area contributed by atoms with Gasteiger partial charge in [0.05, 0.1) is 38.5 Å². The Bertz CT molecular complexity index is 3300. The highest BCUT2D eigenvalue weighted by atomic mass is 32.1. The molecule has 0 aliphatic heterocycles. The molecule has 11 aromatic rings. The first-order valence-corrected chi connectivity index (χ1v) is 18.9. The van der Waals surface area contributed by atoms with Crippen molar-refractivity contribution < 1.29 is 0 Å². The molecule has 3 nitrogen and oxygen atoms in total. The van der Waals surface area contributed by atoms with Crippen molar-refractivity contribution in [2.75, 3.05) is 0 Å². The SMILES string of the molecule is c1ccc(-c2nc3c(nc2-c2ccc(-n4c5ccccc5c5c6ccccc6c6c7cc8ccccc8cc7sc6c54)cc2)-c2ccccc2C3)cc1. The maximum absolute atomic E-state index is 5.39. The molecule has 8 aromatic carbocycles. The largest absolute Gasteiger partial charge is 0.308 e. The van der Waals surface area contributed by atoms with Gasteiger partial charge < -0.3 is 4.57 Å². The molecule has 0 N–H and O–H groups in total. The number of aromatic nitrogens is 3. The number of hydrogen-bond donors (Lipinski definition) is 0. The van der Waals surface area contributed by atoms with Crippen LogP contribution in [-0.4, -0.2) is 14.5 Å². The van der Waals surface area contributed by atoms with Crippen molar-refractivity contribution >= 4 is 74.9 Å². The first-order chi connectivity index (χ1) is 26.3. The summed E-state index contributed by atoms with van der Waals surface area (Å²) in [4.78, 5) is 10.7. The van der Waals surface area contributed by atoms with Crippen LogP contribution < -0.4 is 0 Å². The normalized spacial score (nSPS) is 12.5. The van der Waals surface area contributed by atoms with E-state index in [1.807, 2.05) is 11.3 Å². The summed E-state index contributed by atoms with van der Waals surface area (Å²) in [6.45, 7) is 0. The molecule has 0 amide bonds. The molecule has 53 heavy (non-hydrogen) atoms. The van der Waals surface area contributed by atoms with Crippen LogP contribution in [0.15, 0.2) is 164 Å². The molecule has 0 spiro atoms. The molecule has 4 heteroatoms. The number of nitrogens with zero attached hydrogens (tertiary/aromatic N) is 3. The average Bonchev–Trinajstić information content (AvgIpc) is 3.89. The van der Waals surface area contributed by atoms with E-state index in [0.29, 0.717) is 0 Å². The van der Waals surface area contributed by atoms with Crippen LogP contribution in [0.25, 0.3) is 103 Å². The molecular formula is C49H29N3S. The quantitative estimate of drug-likeness (QED) is 0.185. The summed E-state index contributed by atoms with van der Waals surface area (Å²) < 4.78 is 5.12. The molecule has 0 saturated carbocycles. The average molecular weight is 692 g/mol. The van der Waals surface area contributed by atoms with E-state index < -0.39 is 0 Å². The molecule has 1 aliphatic rings. The third-order valence-corrected chi connectivity index (χ3v) is 12.3. The predicted octanol–water partition coefficient (Wildman–Crippen LogP) is 13.2. The molecule has 1 aliphatic carbocycles. The van der Waals surface area contributed by atoms with Gasteiger partial charge in [0.25, 0.3) is 0 Å². The van der Waals surface area contributed by atoms with Crippen molar-refractivity contribution in [2.24, 2.45) is 0 Å². The molecule has 0 unspecified atom stereocenters. The highest BCUT2D eigenvalue weighted by Crippen LogP contribution is 2.49. The topological polar surface area (TPSA) is 30.7 Å². The summed E-state index contributed by atoms with van der Waals surface area (Å²) in [6.07, 6.45) is 0.808. The van der Waals surface area contributed by atoms with E-state index in [4.69, 9.17) is 9.97 Å². The van der Waals surface area contributed by atoms with E-state index in [1.54, 1.807) is 0 Å². The number of hydrogen-bond acceptors (Lipinski definition) is 3. The van der Waals surface area contributed by atoms with Crippen LogP contribution in [0, 0.1) is 0 Å². The first kappa shape index (κ1) is 29.0. The summed E-state index contributed by atoms with van der Waals surface area (Å²) in [5.74, 6) is 0. The van der Waals surface area contributed by atoms with Crippen molar-refractivity contribution in [3.63, 3.8) is 0 Å². The van der Waals surface area contributed by atoms with Gasteiger partial charge in [-0.15, -0.1) is 11.3 Å². The Morgan fingerprint density at radius 2 is 1.13 bits per heavy atom. The van der Waals surface area contributed by atoms with Crippen molar-refractivity contribution in [3.05, 3.63) is 175 Å². The van der Waals surface area contributed by atoms with Gasteiger partial charge in [0, 0.05) is 55.0 Å². The lowest BCUT2D eigenvalue weighted by molar-refractivity contribution is 1.09. The number of para-hydroxylation sites is 1. The predicted molar refractivity (Wildman–Crippen MR) is 223 cm³/mol. The molecule has 246 valence electrons. The van der Waals surface area contributed by atoms with Gasteiger partial charge in [-0.2, -0.15) is 0 Å². The van der Waals surface area contributed by atoms with Gasteiger partial charge in [-0.05, 0) is 57.4 Å². The lowest BCUT2D eigenvalue weighted by Crippen LogP contribution is -2.00. The summed E-state index contributed by atoms with van der Waals surface area (Å²) in [7, 11) is 0. The summed E-state index contributed by atoms with van der Waals surface area (Å²) >= 11 is 1.91. The highest BCUT2D eigenvalue weighted by Gasteiger charge is 2.26. The maximum Gasteiger partial charge on any atom is 0.0973 e. The van der Waals surface area contributed by atoms with E-state index in [1.165, 1.54) is 74.6 Å². The molecule has 3 aromatic heterocycles. The van der Waals surface area contributed by atoms with Crippen molar-refractivity contribution in [3.8, 4) is 39.5 Å². The van der Waals surface area contributed by atoms with Gasteiger partial charge in [0.1, 0.15) is 0 Å². The van der Waals surface area contributed by atoms with Crippen LogP contribution in [0.2, 0.25) is 0 Å². The number of rotatable bonds is 3. The first-order valence-electron chi connectivity index (χ1n) is 18.1. The van der Waals surface area contributed by atoms with E-state index in [2.05, 4.69) is 168 Å². The lowest BCUT2D eigenvalue weighted by atomic mass is 9.98. The zero-order valence-corrected chi connectivity index (χ0v) is 29.4. The van der Waals surface area contributed by atoms with Gasteiger partial charge in [0.2, 0.25) is 0 Å². The molecule has 3 heterocycles. The Kier molecular flexibility index (Phi) is 5.99. The smallest absolute Gasteiger partial charge is 0.0973 e. The molecule has 0 saturated heterocycles. The number of thiophene rings is 1. The Hall–Kier alpha value is -6.62. The van der Waals surface area contributed by atoms with Gasteiger partial charge in [-0.1, -0.05) is 133 Å². The van der Waals surface area contributed by atoms with Crippen LogP contribution in [0.5, 0.6) is 0 Å². The van der Waals surface area contributed by atoms with E-state index in [0.717, 1.165) is 46.0 Å². The minimum atomic E-state index is 0.808. The Morgan fingerprint density at radius 1 is 0.491 bits per heavy atom. The van der Waals surface area contributed by atoms with Gasteiger partial charge in [-0.25, -0.2) is 9.97 Å². The zero-order chi connectivity index (χ0) is 34.6. The summed E-state index contributed by atoms with van der Waals surface area (Å²) in [6, 6.07) is 59.4. The Balaban J connectivity index is 1.13. The number of fused-ring (bicyclic) bond motifs is 14. The fraction of sp³-hybridized carbons (Fsp3) is 0.0204. The second-order valence-corrected chi connectivity index (χ2v) is 15.1. The molecule has 0 bridgehead atoms. The maximum atomic E-state index is 5.39. The van der Waals surface area contributed by atoms with Gasteiger partial charge in [0.15, 0.2) is 0 Å². The van der Waals surface area contributed by atoms with Crippen LogP contribution >= 0.6 is 11.3 Å². The van der Waals surface area contributed by atoms with Crippen molar-refractivity contribution in [2.45, 2.75) is 6.42 Å². The van der Waals surface area contributed by atoms with Crippen molar-refractivity contribution in [1.82, 2.24) is 14.5 Å². The van der Waals surface area contributed by atoms with E-state index in [9.17, 15) is 0 Å². The molecule has 0 atom stereocenters. The van der Waals surface area contributed by atoms with Crippen LogP contribution in [0.4, 0.5) is 0 Å². The molecule has 12 rings (SSSR count). The van der Waals surface area contributed by atoms with Crippen LogP contribution in [0.3, 0.4) is 0 Å². The number of benzene rings is 8. The molecule has 0 radical (unpaired) electrons. The third-order valence-electron chi connectivity index (χ3n) is 11.2. The summed E-state index contributed by atoms with van der Waals surface area (Å²) in [5.41, 5.74) is 12.1. The fourth-order valence-electron chi connectivity index (χ4n) is 8.79. The molecule has 0 fully saturated rings. The minimum Gasteiger partial charge on any atom is -0.308 e. The standard InChI is InChI=1S/C49H29N3S/c1-2-12-29(13-3-1)45-46(51-47-35-17-7-6-16-33(35)27-40(47)50-45)30-22-24-34(25-23-30)52-41-21-11-10-20-38(41)43-36-18-8-9-19-37(36)44-39-26-31-14-4-5-15-32(31)28-42(39)53-49(44)48(43)52/h1-26,28H,27H2. The highest BCUT2D eigenvalue weighted by molar-refractivity contribution is 7.27. The minimum absolute atomic E-state index is 0.808. The lowest BCUT2D eigenvalue weighted by Gasteiger charge is -2.14. The Labute approximate surface area is 309 Å². The van der Waals surface area contributed by atoms with Gasteiger partial charge in [-0.3, -0.25) is 0 Å².